The lowest BCUT2D eigenvalue weighted by Crippen LogP contribution is -2.23. The van der Waals surface area contributed by atoms with Crippen molar-refractivity contribution < 1.29 is 32.2 Å². The van der Waals surface area contributed by atoms with Crippen LogP contribution in [0.1, 0.15) is 63.8 Å². The van der Waals surface area contributed by atoms with Gasteiger partial charge < -0.3 is 10.2 Å². The van der Waals surface area contributed by atoms with Crippen molar-refractivity contribution in [2.45, 2.75) is 65.5 Å². The Balaban J connectivity index is 2.48. The molecule has 0 fully saturated rings. The highest BCUT2D eigenvalue weighted by molar-refractivity contribution is 5.47. The maximum atomic E-state index is 14.4. The number of halogens is 5. The van der Waals surface area contributed by atoms with Crippen LogP contribution < -0.4 is 0 Å². The molecule has 2 aromatic carbocycles. The van der Waals surface area contributed by atoms with E-state index in [0.717, 1.165) is 6.07 Å². The van der Waals surface area contributed by atoms with E-state index in [1.165, 1.54) is 11.9 Å². The fourth-order valence-corrected chi connectivity index (χ4v) is 3.62. The number of aromatic hydroxyl groups is 2. The van der Waals surface area contributed by atoms with E-state index in [0.29, 0.717) is 0 Å². The summed E-state index contributed by atoms with van der Waals surface area (Å²) in [4.78, 5) is 1.36. The molecule has 2 rings (SSSR count). The second kappa shape index (κ2) is 8.30. The van der Waals surface area contributed by atoms with Crippen LogP contribution >= 0.6 is 0 Å². The molecule has 0 heterocycles. The largest absolute Gasteiger partial charge is 0.507 e. The quantitative estimate of drug-likeness (QED) is 0.447. The lowest BCUT2D eigenvalue weighted by Gasteiger charge is -2.26. The molecule has 8 heteroatoms. The van der Waals surface area contributed by atoms with Gasteiger partial charge in [-0.1, -0.05) is 41.5 Å². The number of phenols is 2. The van der Waals surface area contributed by atoms with Crippen molar-refractivity contribution in [2.75, 3.05) is 7.05 Å². The fraction of sp³-hybridized carbons (Fsp3) is 0.478. The van der Waals surface area contributed by atoms with Crippen LogP contribution in [0, 0.1) is 29.1 Å². The molecule has 0 aliphatic rings. The summed E-state index contributed by atoms with van der Waals surface area (Å²) in [5.41, 5.74) is -2.89. The number of nitrogens with zero attached hydrogens (tertiary/aromatic N) is 1. The number of rotatable bonds is 4. The molecule has 172 valence electrons. The van der Waals surface area contributed by atoms with E-state index in [1.54, 1.807) is 41.5 Å². The first-order valence-corrected chi connectivity index (χ1v) is 9.76. The first kappa shape index (κ1) is 24.9. The molecular weight excluding hydrogens is 417 g/mol. The monoisotopic (exact) mass is 445 g/mol. The predicted molar refractivity (Wildman–Crippen MR) is 109 cm³/mol. The van der Waals surface area contributed by atoms with Crippen LogP contribution in [0.4, 0.5) is 22.0 Å². The van der Waals surface area contributed by atoms with Crippen molar-refractivity contribution in [2.24, 2.45) is 0 Å². The molecule has 3 nitrogen and oxygen atoms in total. The minimum Gasteiger partial charge on any atom is -0.507 e. The van der Waals surface area contributed by atoms with E-state index >= 15 is 0 Å². The van der Waals surface area contributed by atoms with E-state index in [-0.39, 0.29) is 29.8 Å². The molecule has 31 heavy (non-hydrogen) atoms. The second-order valence-electron chi connectivity index (χ2n) is 9.87. The van der Waals surface area contributed by atoms with Gasteiger partial charge in [0.05, 0.1) is 0 Å². The van der Waals surface area contributed by atoms with E-state index in [9.17, 15) is 32.2 Å². The van der Waals surface area contributed by atoms with E-state index in [4.69, 9.17) is 0 Å². The SMILES string of the molecule is CN(Cc1cc(F)c(F)c(C(C)(C)C)c1O)Cc1c(O)c(C(C)(C)C)c(F)c(F)c1F. The Hall–Kier alpha value is -2.35. The van der Waals surface area contributed by atoms with Gasteiger partial charge in [-0.3, -0.25) is 4.90 Å². The Labute approximate surface area is 179 Å². The summed E-state index contributed by atoms with van der Waals surface area (Å²) >= 11 is 0. The van der Waals surface area contributed by atoms with Crippen LogP contribution in [0.15, 0.2) is 6.07 Å². The highest BCUT2D eigenvalue weighted by Crippen LogP contribution is 2.40. The molecule has 0 aromatic heterocycles. The number of hydrogen-bond acceptors (Lipinski definition) is 3. The molecule has 0 aliphatic carbocycles. The molecule has 0 saturated heterocycles. The van der Waals surface area contributed by atoms with Crippen LogP contribution in [0.3, 0.4) is 0 Å². The van der Waals surface area contributed by atoms with Crippen LogP contribution in [-0.4, -0.2) is 22.2 Å². The van der Waals surface area contributed by atoms with Gasteiger partial charge in [0.2, 0.25) is 0 Å². The van der Waals surface area contributed by atoms with E-state index in [2.05, 4.69) is 0 Å². The number of benzene rings is 2. The van der Waals surface area contributed by atoms with Gasteiger partial charge in [0.15, 0.2) is 29.1 Å². The second-order valence-corrected chi connectivity index (χ2v) is 9.87. The first-order valence-electron chi connectivity index (χ1n) is 9.76. The third kappa shape index (κ3) is 4.79. The van der Waals surface area contributed by atoms with Crippen molar-refractivity contribution in [3.8, 4) is 11.5 Å². The maximum Gasteiger partial charge on any atom is 0.195 e. The molecule has 0 saturated carbocycles. The van der Waals surface area contributed by atoms with Gasteiger partial charge in [-0.25, -0.2) is 22.0 Å². The van der Waals surface area contributed by atoms with Gasteiger partial charge in [-0.05, 0) is 23.9 Å². The van der Waals surface area contributed by atoms with E-state index < -0.39 is 57.0 Å². The molecule has 0 aliphatic heterocycles. The Bertz CT molecular complexity index is 1010. The minimum absolute atomic E-state index is 0.0323. The standard InChI is InChI=1S/C23H28F5NO2/c1-22(2,3)14-17(26)13(24)8-11(20(14)30)9-29(7)10-12-16(25)19(28)18(27)15(21(12)31)23(4,5)6/h8,30-31H,9-10H2,1-7H3. The lowest BCUT2D eigenvalue weighted by atomic mass is 9.84. The van der Waals surface area contributed by atoms with Gasteiger partial charge in [-0.2, -0.15) is 0 Å². The predicted octanol–water partition coefficient (Wildman–Crippen LogP) is 6.02. The minimum atomic E-state index is -1.70. The first-order chi connectivity index (χ1) is 14.0. The molecule has 0 unspecified atom stereocenters. The molecule has 0 atom stereocenters. The maximum absolute atomic E-state index is 14.4. The summed E-state index contributed by atoms with van der Waals surface area (Å²) in [5.74, 6) is -8.14. The van der Waals surface area contributed by atoms with Crippen molar-refractivity contribution in [1.82, 2.24) is 4.90 Å². The van der Waals surface area contributed by atoms with Crippen LogP contribution in [0.2, 0.25) is 0 Å². The van der Waals surface area contributed by atoms with Crippen LogP contribution in [0.25, 0.3) is 0 Å². The van der Waals surface area contributed by atoms with Gasteiger partial charge >= 0.3 is 0 Å². The summed E-state index contributed by atoms with van der Waals surface area (Å²) < 4.78 is 71.3. The van der Waals surface area contributed by atoms with Crippen LogP contribution in [0.5, 0.6) is 11.5 Å². The topological polar surface area (TPSA) is 43.7 Å². The summed E-state index contributed by atoms with van der Waals surface area (Å²) in [6.45, 7) is 8.93. The third-order valence-electron chi connectivity index (χ3n) is 5.03. The molecule has 2 aromatic rings. The Kier molecular flexibility index (Phi) is 6.67. The zero-order valence-electron chi connectivity index (χ0n) is 18.7. The summed E-state index contributed by atoms with van der Waals surface area (Å²) in [5, 5.41) is 21.0. The summed E-state index contributed by atoms with van der Waals surface area (Å²) in [6, 6.07) is 0.832. The smallest absolute Gasteiger partial charge is 0.195 e. The molecule has 0 amide bonds. The van der Waals surface area contributed by atoms with Crippen molar-refractivity contribution in [3.05, 3.63) is 57.4 Å². The Morgan fingerprint density at radius 3 is 1.68 bits per heavy atom. The zero-order chi connectivity index (χ0) is 24.0. The molecular formula is C23H28F5NO2. The van der Waals surface area contributed by atoms with E-state index in [1.807, 2.05) is 0 Å². The lowest BCUT2D eigenvalue weighted by molar-refractivity contribution is 0.290. The molecule has 0 spiro atoms. The Morgan fingerprint density at radius 2 is 1.19 bits per heavy atom. The number of hydrogen-bond donors (Lipinski definition) is 2. The molecule has 0 radical (unpaired) electrons. The summed E-state index contributed by atoms with van der Waals surface area (Å²) in [6.07, 6.45) is 0. The fourth-order valence-electron chi connectivity index (χ4n) is 3.62. The Morgan fingerprint density at radius 1 is 0.710 bits per heavy atom. The average Bonchev–Trinajstić information content (AvgIpc) is 2.59. The molecule has 0 bridgehead atoms. The third-order valence-corrected chi connectivity index (χ3v) is 5.03. The van der Waals surface area contributed by atoms with Gasteiger partial charge in [0, 0.05) is 35.3 Å². The zero-order valence-corrected chi connectivity index (χ0v) is 18.7. The van der Waals surface area contributed by atoms with Gasteiger partial charge in [0.25, 0.3) is 0 Å². The van der Waals surface area contributed by atoms with Crippen LogP contribution in [-0.2, 0) is 23.9 Å². The van der Waals surface area contributed by atoms with Crippen molar-refractivity contribution in [3.63, 3.8) is 0 Å². The van der Waals surface area contributed by atoms with Gasteiger partial charge in [0.1, 0.15) is 11.5 Å². The molecule has 2 N–H and O–H groups in total. The van der Waals surface area contributed by atoms with Crippen molar-refractivity contribution in [1.29, 1.82) is 0 Å². The van der Waals surface area contributed by atoms with Gasteiger partial charge in [-0.15, -0.1) is 0 Å². The normalized spacial score (nSPS) is 12.7. The summed E-state index contributed by atoms with van der Waals surface area (Å²) in [7, 11) is 1.45. The number of phenolic OH excluding ortho intramolecular Hbond substituents is 2. The highest BCUT2D eigenvalue weighted by atomic mass is 19.2. The average molecular weight is 445 g/mol. The van der Waals surface area contributed by atoms with Crippen molar-refractivity contribution >= 4 is 0 Å². The highest BCUT2D eigenvalue weighted by Gasteiger charge is 2.32.